The van der Waals surface area contributed by atoms with Crippen molar-refractivity contribution in [3.05, 3.63) is 82.5 Å². The van der Waals surface area contributed by atoms with Gasteiger partial charge in [-0.3, -0.25) is 0 Å². The molecule has 0 bridgehead atoms. The predicted molar refractivity (Wildman–Crippen MR) is 111 cm³/mol. The minimum absolute atomic E-state index is 0.0357. The van der Waals surface area contributed by atoms with Crippen LogP contribution in [-0.2, 0) is 6.54 Å². The quantitative estimate of drug-likeness (QED) is 0.513. The maximum absolute atomic E-state index is 11.5. The van der Waals surface area contributed by atoms with Crippen molar-refractivity contribution >= 4 is 29.3 Å². The van der Waals surface area contributed by atoms with Crippen molar-refractivity contribution in [1.29, 1.82) is 0 Å². The minimum Gasteiger partial charge on any atom is -0.477 e. The number of nitrogens with one attached hydrogen (secondary N) is 2. The molecule has 0 saturated heterocycles. The first-order valence-electron chi connectivity index (χ1n) is 8.90. The van der Waals surface area contributed by atoms with Crippen molar-refractivity contribution in [3.63, 3.8) is 0 Å². The van der Waals surface area contributed by atoms with E-state index < -0.39 is 5.97 Å². The molecule has 0 aliphatic rings. The fourth-order valence-electron chi connectivity index (χ4n) is 2.74. The second-order valence-corrected chi connectivity index (χ2v) is 6.87. The average Bonchev–Trinajstić information content (AvgIpc) is 2.71. The molecule has 1 unspecified atom stereocenters. The maximum Gasteiger partial charge on any atom is 0.341 e. The molecule has 144 valence electrons. The molecular weight excluding hydrogens is 376 g/mol. The zero-order valence-electron chi connectivity index (χ0n) is 15.4. The van der Waals surface area contributed by atoms with Crippen molar-refractivity contribution in [2.45, 2.75) is 19.4 Å². The third-order valence-corrected chi connectivity index (χ3v) is 4.54. The molecule has 0 radical (unpaired) electrons. The maximum atomic E-state index is 11.5. The van der Waals surface area contributed by atoms with Gasteiger partial charge in [0.1, 0.15) is 11.4 Å². The number of hydrogen-bond donors (Lipinski definition) is 3. The molecule has 0 fully saturated rings. The molecule has 28 heavy (non-hydrogen) atoms. The van der Waals surface area contributed by atoms with E-state index in [4.69, 9.17) is 11.6 Å². The van der Waals surface area contributed by atoms with Crippen LogP contribution in [-0.4, -0.2) is 27.6 Å². The second kappa shape index (κ2) is 9.19. The number of anilines is 2. The fourth-order valence-corrected chi connectivity index (χ4v) is 2.95. The van der Waals surface area contributed by atoms with Gasteiger partial charge < -0.3 is 15.7 Å². The Labute approximate surface area is 168 Å². The lowest BCUT2D eigenvalue weighted by Gasteiger charge is -2.15. The Morgan fingerprint density at radius 2 is 1.93 bits per heavy atom. The molecule has 3 rings (SSSR count). The number of nitrogens with zero attached hydrogens (tertiary/aromatic N) is 2. The molecule has 7 heteroatoms. The summed E-state index contributed by atoms with van der Waals surface area (Å²) in [6.45, 7) is 3.10. The van der Waals surface area contributed by atoms with Crippen molar-refractivity contribution < 1.29 is 9.90 Å². The van der Waals surface area contributed by atoms with Crippen LogP contribution in [0.4, 0.5) is 11.8 Å². The van der Waals surface area contributed by atoms with Gasteiger partial charge in [0.15, 0.2) is 0 Å². The van der Waals surface area contributed by atoms with E-state index in [1.165, 1.54) is 11.8 Å². The van der Waals surface area contributed by atoms with Gasteiger partial charge in [-0.15, -0.1) is 0 Å². The lowest BCUT2D eigenvalue weighted by molar-refractivity contribution is 0.0697. The molecule has 1 heterocycles. The Hall–Kier alpha value is -3.12. The molecule has 1 aromatic heterocycles. The molecule has 0 aliphatic heterocycles. The fraction of sp³-hybridized carbons (Fsp3) is 0.190. The van der Waals surface area contributed by atoms with Crippen LogP contribution in [0.15, 0.2) is 60.8 Å². The summed E-state index contributed by atoms with van der Waals surface area (Å²) < 4.78 is 0. The summed E-state index contributed by atoms with van der Waals surface area (Å²) in [5.41, 5.74) is 2.18. The van der Waals surface area contributed by atoms with E-state index in [9.17, 15) is 9.90 Å². The predicted octanol–water partition coefficient (Wildman–Crippen LogP) is 4.66. The molecule has 0 amide bonds. The highest BCUT2D eigenvalue weighted by molar-refractivity contribution is 6.30. The van der Waals surface area contributed by atoms with E-state index in [0.717, 1.165) is 5.56 Å². The lowest BCUT2D eigenvalue weighted by Crippen LogP contribution is -2.16. The van der Waals surface area contributed by atoms with Crippen LogP contribution in [0.25, 0.3) is 0 Å². The lowest BCUT2D eigenvalue weighted by atomic mass is 10.0. The van der Waals surface area contributed by atoms with E-state index in [-0.39, 0.29) is 11.5 Å². The van der Waals surface area contributed by atoms with Crippen LogP contribution in [0.2, 0.25) is 5.02 Å². The number of aromatic nitrogens is 2. The van der Waals surface area contributed by atoms with Gasteiger partial charge in [0.2, 0.25) is 5.95 Å². The van der Waals surface area contributed by atoms with E-state index in [2.05, 4.69) is 27.5 Å². The first-order chi connectivity index (χ1) is 13.5. The van der Waals surface area contributed by atoms with E-state index in [1.54, 1.807) is 6.07 Å². The summed E-state index contributed by atoms with van der Waals surface area (Å²) in [5.74, 6) is -0.240. The largest absolute Gasteiger partial charge is 0.477 e. The first-order valence-corrected chi connectivity index (χ1v) is 9.28. The van der Waals surface area contributed by atoms with E-state index in [0.29, 0.717) is 29.9 Å². The summed E-state index contributed by atoms with van der Waals surface area (Å²) in [4.78, 5) is 20.0. The smallest absolute Gasteiger partial charge is 0.341 e. The highest BCUT2D eigenvalue weighted by atomic mass is 35.5. The van der Waals surface area contributed by atoms with Gasteiger partial charge in [-0.2, -0.15) is 4.98 Å². The number of carboxylic acid groups (broad SMARTS) is 1. The average molecular weight is 397 g/mol. The number of aromatic carboxylic acids is 1. The Kier molecular flexibility index (Phi) is 6.45. The summed E-state index contributed by atoms with van der Waals surface area (Å²) in [6.07, 6.45) is 1.31. The summed E-state index contributed by atoms with van der Waals surface area (Å²) >= 11 is 5.99. The van der Waals surface area contributed by atoms with E-state index >= 15 is 0 Å². The van der Waals surface area contributed by atoms with Gasteiger partial charge >= 0.3 is 5.97 Å². The van der Waals surface area contributed by atoms with Gasteiger partial charge in [0.25, 0.3) is 0 Å². The van der Waals surface area contributed by atoms with Gasteiger partial charge in [-0.1, -0.05) is 61.0 Å². The number of carboxylic acids is 1. The molecule has 0 saturated carbocycles. The van der Waals surface area contributed by atoms with Crippen LogP contribution in [0.5, 0.6) is 0 Å². The molecule has 2 aromatic carbocycles. The molecule has 0 aliphatic carbocycles. The number of carbonyl (C=O) groups is 1. The molecule has 1 atom stereocenters. The highest BCUT2D eigenvalue weighted by Crippen LogP contribution is 2.19. The standard InChI is InChI=1S/C21H21ClN4O2/c1-14(16-7-3-2-4-8-16)11-23-19-18(20(27)28)13-25-21(26-19)24-12-15-6-5-9-17(22)10-15/h2-10,13-14H,11-12H2,1H3,(H,27,28)(H2,23,24,25,26). The number of rotatable bonds is 8. The molecule has 6 nitrogen and oxygen atoms in total. The van der Waals surface area contributed by atoms with Crippen molar-refractivity contribution in [2.75, 3.05) is 17.2 Å². The minimum atomic E-state index is -1.07. The Balaban J connectivity index is 1.71. The molecule has 0 spiro atoms. The second-order valence-electron chi connectivity index (χ2n) is 6.44. The number of halogens is 1. The third kappa shape index (κ3) is 5.20. The van der Waals surface area contributed by atoms with Crippen molar-refractivity contribution in [2.24, 2.45) is 0 Å². The Morgan fingerprint density at radius 3 is 2.64 bits per heavy atom. The SMILES string of the molecule is CC(CNc1nc(NCc2cccc(Cl)c2)ncc1C(=O)O)c1ccccc1. The van der Waals surface area contributed by atoms with Crippen molar-refractivity contribution in [1.82, 2.24) is 9.97 Å². The van der Waals surface area contributed by atoms with Gasteiger partial charge in [0, 0.05) is 24.3 Å². The monoisotopic (exact) mass is 396 g/mol. The molecule has 3 N–H and O–H groups in total. The Bertz CT molecular complexity index is 950. The number of benzene rings is 2. The molecule has 3 aromatic rings. The van der Waals surface area contributed by atoms with Crippen LogP contribution in [0, 0.1) is 0 Å². The van der Waals surface area contributed by atoms with Crippen LogP contribution < -0.4 is 10.6 Å². The van der Waals surface area contributed by atoms with Gasteiger partial charge in [-0.05, 0) is 29.2 Å². The normalized spacial score (nSPS) is 11.6. The third-order valence-electron chi connectivity index (χ3n) is 4.30. The van der Waals surface area contributed by atoms with Crippen LogP contribution in [0.1, 0.15) is 34.3 Å². The molecular formula is C21H21ClN4O2. The van der Waals surface area contributed by atoms with E-state index in [1.807, 2.05) is 48.5 Å². The Morgan fingerprint density at radius 1 is 1.14 bits per heavy atom. The summed E-state index contributed by atoms with van der Waals surface area (Å²) in [7, 11) is 0. The van der Waals surface area contributed by atoms with Gasteiger partial charge in [-0.25, -0.2) is 9.78 Å². The topological polar surface area (TPSA) is 87.1 Å². The summed E-state index contributed by atoms with van der Waals surface area (Å²) in [5, 5.41) is 16.3. The van der Waals surface area contributed by atoms with Crippen molar-refractivity contribution in [3.8, 4) is 0 Å². The zero-order chi connectivity index (χ0) is 19.9. The first kappa shape index (κ1) is 19.6. The summed E-state index contributed by atoms with van der Waals surface area (Å²) in [6, 6.07) is 17.5. The van der Waals surface area contributed by atoms with Crippen LogP contribution in [0.3, 0.4) is 0 Å². The zero-order valence-corrected chi connectivity index (χ0v) is 16.1. The van der Waals surface area contributed by atoms with Gasteiger partial charge in [0.05, 0.1) is 0 Å². The number of hydrogen-bond acceptors (Lipinski definition) is 5. The van der Waals surface area contributed by atoms with Crippen LogP contribution >= 0.6 is 11.6 Å². The highest BCUT2D eigenvalue weighted by Gasteiger charge is 2.15.